The molecule has 1 aromatic heterocycles. The minimum Gasteiger partial charge on any atom is -0.492 e. The molecule has 0 aliphatic carbocycles. The summed E-state index contributed by atoms with van der Waals surface area (Å²) in [4.78, 5) is 4.25. The quantitative estimate of drug-likeness (QED) is 0.773. The highest BCUT2D eigenvalue weighted by Crippen LogP contribution is 2.20. The smallest absolute Gasteiger partial charge is 0.137 e. The lowest BCUT2D eigenvalue weighted by molar-refractivity contribution is 0.315. The fourth-order valence-electron chi connectivity index (χ4n) is 1.61. The first-order chi connectivity index (χ1) is 8.31. The third-order valence-electron chi connectivity index (χ3n) is 2.39. The standard InChI is InChI=1S/C13H22N2OS/c1-4-6-16-12-7-11(8-14-9-12)13(10-17-3)15-5-2/h7-9,13,15H,4-6,10H2,1-3H3. The van der Waals surface area contributed by atoms with Crippen molar-refractivity contribution >= 4 is 11.8 Å². The fourth-order valence-corrected chi connectivity index (χ4v) is 2.25. The Balaban J connectivity index is 2.72. The normalized spacial score (nSPS) is 12.4. The SMILES string of the molecule is CCCOc1cncc(C(CSC)NCC)c1. The van der Waals surface area contributed by atoms with Gasteiger partial charge in [0, 0.05) is 18.0 Å². The zero-order valence-corrected chi connectivity index (χ0v) is 11.7. The molecule has 0 saturated heterocycles. The van der Waals surface area contributed by atoms with Crippen LogP contribution >= 0.6 is 11.8 Å². The molecule has 0 bridgehead atoms. The van der Waals surface area contributed by atoms with E-state index in [4.69, 9.17) is 4.74 Å². The first-order valence-electron chi connectivity index (χ1n) is 6.11. The molecule has 1 heterocycles. The summed E-state index contributed by atoms with van der Waals surface area (Å²) < 4.78 is 5.61. The zero-order valence-electron chi connectivity index (χ0n) is 10.9. The molecule has 0 fully saturated rings. The molecule has 0 saturated carbocycles. The minimum absolute atomic E-state index is 0.354. The van der Waals surface area contributed by atoms with Crippen molar-refractivity contribution in [2.75, 3.05) is 25.2 Å². The predicted octanol–water partition coefficient (Wildman–Crippen LogP) is 2.88. The number of pyridine rings is 1. The Kier molecular flexibility index (Phi) is 7.05. The first kappa shape index (κ1) is 14.3. The lowest BCUT2D eigenvalue weighted by atomic mass is 10.1. The van der Waals surface area contributed by atoms with Gasteiger partial charge in [-0.1, -0.05) is 13.8 Å². The van der Waals surface area contributed by atoms with E-state index in [9.17, 15) is 0 Å². The molecule has 1 atom stereocenters. The Morgan fingerprint density at radius 2 is 2.24 bits per heavy atom. The number of nitrogens with zero attached hydrogens (tertiary/aromatic N) is 1. The van der Waals surface area contributed by atoms with Gasteiger partial charge in [0.2, 0.25) is 0 Å². The van der Waals surface area contributed by atoms with E-state index in [1.807, 2.05) is 18.0 Å². The van der Waals surface area contributed by atoms with Crippen LogP contribution < -0.4 is 10.1 Å². The molecule has 3 nitrogen and oxygen atoms in total. The van der Waals surface area contributed by atoms with E-state index in [2.05, 4.69) is 36.5 Å². The Morgan fingerprint density at radius 3 is 2.88 bits per heavy atom. The number of ether oxygens (including phenoxy) is 1. The summed E-state index contributed by atoms with van der Waals surface area (Å²) in [6.07, 6.45) is 6.84. The average molecular weight is 254 g/mol. The maximum Gasteiger partial charge on any atom is 0.137 e. The van der Waals surface area contributed by atoms with Gasteiger partial charge in [0.05, 0.1) is 12.8 Å². The van der Waals surface area contributed by atoms with Crippen molar-refractivity contribution in [3.63, 3.8) is 0 Å². The highest BCUT2D eigenvalue weighted by Gasteiger charge is 2.10. The van der Waals surface area contributed by atoms with Gasteiger partial charge in [0.25, 0.3) is 0 Å². The van der Waals surface area contributed by atoms with Crippen molar-refractivity contribution < 1.29 is 4.74 Å². The lowest BCUT2D eigenvalue weighted by Crippen LogP contribution is -2.23. The molecule has 0 aromatic carbocycles. The van der Waals surface area contributed by atoms with Crippen LogP contribution in [0.15, 0.2) is 18.5 Å². The number of thioether (sulfide) groups is 1. The number of aromatic nitrogens is 1. The fraction of sp³-hybridized carbons (Fsp3) is 0.615. The topological polar surface area (TPSA) is 34.1 Å². The van der Waals surface area contributed by atoms with Crippen LogP contribution in [0.4, 0.5) is 0 Å². The Hall–Kier alpha value is -0.740. The molecule has 1 aromatic rings. The van der Waals surface area contributed by atoms with Crippen LogP contribution in [0, 0.1) is 0 Å². The van der Waals surface area contributed by atoms with Gasteiger partial charge in [-0.25, -0.2) is 0 Å². The Bertz CT molecular complexity index is 314. The molecule has 0 spiro atoms. The second-order valence-corrected chi connectivity index (χ2v) is 4.78. The maximum absolute atomic E-state index is 5.61. The van der Waals surface area contributed by atoms with Crippen LogP contribution in [0.3, 0.4) is 0 Å². The minimum atomic E-state index is 0.354. The summed E-state index contributed by atoms with van der Waals surface area (Å²) in [7, 11) is 0. The molecule has 4 heteroatoms. The van der Waals surface area contributed by atoms with E-state index < -0.39 is 0 Å². The van der Waals surface area contributed by atoms with Crippen LogP contribution in [0.2, 0.25) is 0 Å². The summed E-state index contributed by atoms with van der Waals surface area (Å²) in [6.45, 7) is 5.94. The van der Waals surface area contributed by atoms with Crippen LogP contribution in [-0.4, -0.2) is 30.1 Å². The van der Waals surface area contributed by atoms with E-state index >= 15 is 0 Å². The number of hydrogen-bond donors (Lipinski definition) is 1. The molecular weight excluding hydrogens is 232 g/mol. The lowest BCUT2D eigenvalue weighted by Gasteiger charge is -2.17. The number of rotatable bonds is 8. The van der Waals surface area contributed by atoms with Crippen molar-refractivity contribution in [3.8, 4) is 5.75 Å². The van der Waals surface area contributed by atoms with Crippen molar-refractivity contribution in [1.82, 2.24) is 10.3 Å². The largest absolute Gasteiger partial charge is 0.492 e. The second-order valence-electron chi connectivity index (χ2n) is 3.87. The van der Waals surface area contributed by atoms with Crippen LogP contribution in [0.5, 0.6) is 5.75 Å². The van der Waals surface area contributed by atoms with Gasteiger partial charge in [-0.05, 0) is 30.9 Å². The summed E-state index contributed by atoms with van der Waals surface area (Å²) >= 11 is 1.84. The molecule has 0 amide bonds. The summed E-state index contributed by atoms with van der Waals surface area (Å²) in [5, 5.41) is 3.47. The number of nitrogens with one attached hydrogen (secondary N) is 1. The van der Waals surface area contributed by atoms with Gasteiger partial charge < -0.3 is 10.1 Å². The van der Waals surface area contributed by atoms with Gasteiger partial charge in [-0.2, -0.15) is 11.8 Å². The van der Waals surface area contributed by atoms with Crippen molar-refractivity contribution in [2.24, 2.45) is 0 Å². The van der Waals surface area contributed by atoms with Crippen LogP contribution in [-0.2, 0) is 0 Å². The molecule has 96 valence electrons. The monoisotopic (exact) mass is 254 g/mol. The van der Waals surface area contributed by atoms with E-state index in [1.165, 1.54) is 5.56 Å². The van der Waals surface area contributed by atoms with Crippen molar-refractivity contribution in [1.29, 1.82) is 0 Å². The Morgan fingerprint density at radius 1 is 1.41 bits per heavy atom. The molecule has 1 unspecified atom stereocenters. The summed E-state index contributed by atoms with van der Waals surface area (Å²) in [5.41, 5.74) is 1.20. The molecule has 1 rings (SSSR count). The molecule has 0 aliphatic heterocycles. The molecule has 17 heavy (non-hydrogen) atoms. The van der Waals surface area contributed by atoms with Gasteiger partial charge in [0.1, 0.15) is 5.75 Å². The van der Waals surface area contributed by atoms with Gasteiger partial charge in [-0.3, -0.25) is 4.98 Å². The van der Waals surface area contributed by atoms with E-state index in [-0.39, 0.29) is 0 Å². The van der Waals surface area contributed by atoms with E-state index in [0.29, 0.717) is 6.04 Å². The molecule has 0 aliphatic rings. The van der Waals surface area contributed by atoms with Gasteiger partial charge in [-0.15, -0.1) is 0 Å². The predicted molar refractivity (Wildman–Crippen MR) is 74.8 cm³/mol. The van der Waals surface area contributed by atoms with E-state index in [0.717, 1.165) is 31.1 Å². The zero-order chi connectivity index (χ0) is 12.5. The maximum atomic E-state index is 5.61. The third kappa shape index (κ3) is 4.96. The second kappa shape index (κ2) is 8.37. The number of hydrogen-bond acceptors (Lipinski definition) is 4. The highest BCUT2D eigenvalue weighted by atomic mass is 32.2. The molecule has 1 N–H and O–H groups in total. The van der Waals surface area contributed by atoms with E-state index in [1.54, 1.807) is 6.20 Å². The summed E-state index contributed by atoms with van der Waals surface area (Å²) in [6, 6.07) is 2.44. The van der Waals surface area contributed by atoms with Crippen molar-refractivity contribution in [3.05, 3.63) is 24.0 Å². The van der Waals surface area contributed by atoms with Crippen LogP contribution in [0.1, 0.15) is 31.9 Å². The van der Waals surface area contributed by atoms with Crippen LogP contribution in [0.25, 0.3) is 0 Å². The third-order valence-corrected chi connectivity index (χ3v) is 3.06. The Labute approximate surface area is 108 Å². The summed E-state index contributed by atoms with van der Waals surface area (Å²) in [5.74, 6) is 1.92. The van der Waals surface area contributed by atoms with Crippen molar-refractivity contribution in [2.45, 2.75) is 26.3 Å². The molecule has 0 radical (unpaired) electrons. The molecular formula is C13H22N2OS. The van der Waals surface area contributed by atoms with Gasteiger partial charge >= 0.3 is 0 Å². The highest BCUT2D eigenvalue weighted by molar-refractivity contribution is 7.98. The average Bonchev–Trinajstić information content (AvgIpc) is 2.36. The van der Waals surface area contributed by atoms with Gasteiger partial charge in [0.15, 0.2) is 0 Å². The first-order valence-corrected chi connectivity index (χ1v) is 7.51.